The Morgan fingerprint density at radius 3 is 2.62 bits per heavy atom. The Bertz CT molecular complexity index is 689. The summed E-state index contributed by atoms with van der Waals surface area (Å²) in [6.07, 6.45) is -0.879. The maximum atomic E-state index is 12.5. The van der Waals surface area contributed by atoms with Gasteiger partial charge in [0, 0.05) is 18.4 Å². The molecule has 1 saturated heterocycles. The van der Waals surface area contributed by atoms with Crippen molar-refractivity contribution in [3.8, 4) is 0 Å². The van der Waals surface area contributed by atoms with Gasteiger partial charge in [-0.3, -0.25) is 9.59 Å². The molecule has 24 heavy (non-hydrogen) atoms. The summed E-state index contributed by atoms with van der Waals surface area (Å²) in [5, 5.41) is 22.3. The van der Waals surface area contributed by atoms with Gasteiger partial charge >= 0.3 is 11.9 Å². The van der Waals surface area contributed by atoms with Crippen LogP contribution in [0.4, 0.5) is 0 Å². The molecule has 3 rings (SSSR count). The minimum Gasteiger partial charge on any atom is -0.459 e. The van der Waals surface area contributed by atoms with Gasteiger partial charge in [0.25, 0.3) is 0 Å². The van der Waals surface area contributed by atoms with Crippen LogP contribution < -0.4 is 0 Å². The van der Waals surface area contributed by atoms with Gasteiger partial charge in [0.2, 0.25) is 0 Å². The highest BCUT2D eigenvalue weighted by Crippen LogP contribution is 2.53. The molecule has 7 nitrogen and oxygen atoms in total. The Hall–Kier alpha value is -1.99. The van der Waals surface area contributed by atoms with Crippen LogP contribution in [0, 0.1) is 11.8 Å². The normalized spacial score (nSPS) is 44.4. The van der Waals surface area contributed by atoms with Crippen LogP contribution in [-0.4, -0.2) is 51.3 Å². The van der Waals surface area contributed by atoms with Gasteiger partial charge in [-0.15, -0.1) is 0 Å². The number of carbonyl (C=O) groups is 3. The first-order valence-corrected chi connectivity index (χ1v) is 7.75. The smallest absolute Gasteiger partial charge is 0.334 e. The zero-order valence-corrected chi connectivity index (χ0v) is 13.7. The second-order valence-electron chi connectivity index (χ2n) is 7.01. The molecule has 0 bridgehead atoms. The molecule has 2 aliphatic carbocycles. The van der Waals surface area contributed by atoms with E-state index in [9.17, 15) is 24.6 Å². The van der Waals surface area contributed by atoms with Crippen molar-refractivity contribution >= 4 is 17.7 Å². The fraction of sp³-hybridized carbons (Fsp3) is 0.588. The Balaban J connectivity index is 2.18. The molecule has 0 aromatic carbocycles. The maximum absolute atomic E-state index is 12.5. The van der Waals surface area contributed by atoms with Crippen LogP contribution in [0.5, 0.6) is 0 Å². The molecule has 0 aromatic rings. The summed E-state index contributed by atoms with van der Waals surface area (Å²) in [6.45, 7) is 7.79. The SMILES string of the molecule is C=C1C(=O)O[C@H]2[C@H]1C[C@@H](OC(C)=O)[C@@](C)(O)[C@@H]1C(=O)C=C(C)[C@]21O. The standard InChI is InChI=1S/C17H20O7/c1-7-5-11(19)13-16(4,21)12(23-9(3)18)6-10-8(2)15(20)24-14(10)17(7,13)22/h5,10,12-14,21-22H,2,6H2,1,3-4H3/t10-,12+,13-,14-,16+,17+/m0/s1. The van der Waals surface area contributed by atoms with E-state index in [1.54, 1.807) is 6.92 Å². The number of fused-ring (bicyclic) bond motifs is 3. The molecule has 7 heteroatoms. The number of ketones is 1. The molecule has 6 atom stereocenters. The Labute approximate surface area is 138 Å². The monoisotopic (exact) mass is 336 g/mol. The molecule has 1 heterocycles. The fourth-order valence-electron chi connectivity index (χ4n) is 4.27. The van der Waals surface area contributed by atoms with E-state index < -0.39 is 53.0 Å². The van der Waals surface area contributed by atoms with E-state index in [-0.39, 0.29) is 12.0 Å². The average Bonchev–Trinajstić information content (AvgIpc) is 2.83. The second-order valence-corrected chi connectivity index (χ2v) is 7.01. The van der Waals surface area contributed by atoms with Crippen molar-refractivity contribution in [1.82, 2.24) is 0 Å². The summed E-state index contributed by atoms with van der Waals surface area (Å²) >= 11 is 0. The predicted molar refractivity (Wildman–Crippen MR) is 80.5 cm³/mol. The lowest BCUT2D eigenvalue weighted by atomic mass is 9.71. The summed E-state index contributed by atoms with van der Waals surface area (Å²) in [5.74, 6) is -3.76. The van der Waals surface area contributed by atoms with Crippen molar-refractivity contribution in [2.24, 2.45) is 11.8 Å². The first-order valence-electron chi connectivity index (χ1n) is 7.75. The molecule has 130 valence electrons. The van der Waals surface area contributed by atoms with Crippen molar-refractivity contribution in [2.75, 3.05) is 0 Å². The fourth-order valence-corrected chi connectivity index (χ4v) is 4.27. The molecule has 0 aromatic heterocycles. The number of aliphatic hydroxyl groups is 2. The lowest BCUT2D eigenvalue weighted by Gasteiger charge is -2.42. The number of carbonyl (C=O) groups excluding carboxylic acids is 3. The van der Waals surface area contributed by atoms with Crippen molar-refractivity contribution in [1.29, 1.82) is 0 Å². The van der Waals surface area contributed by atoms with Gasteiger partial charge in [-0.1, -0.05) is 6.58 Å². The molecule has 2 N–H and O–H groups in total. The van der Waals surface area contributed by atoms with Crippen LogP contribution in [0.1, 0.15) is 27.2 Å². The molecular weight excluding hydrogens is 316 g/mol. The third-order valence-electron chi connectivity index (χ3n) is 5.47. The number of hydrogen-bond donors (Lipinski definition) is 2. The van der Waals surface area contributed by atoms with Gasteiger partial charge in [0.15, 0.2) is 5.78 Å². The molecule has 0 unspecified atom stereocenters. The first-order chi connectivity index (χ1) is 11.0. The van der Waals surface area contributed by atoms with Crippen molar-refractivity contribution < 1.29 is 34.1 Å². The van der Waals surface area contributed by atoms with E-state index in [1.165, 1.54) is 19.9 Å². The zero-order valence-electron chi connectivity index (χ0n) is 13.7. The van der Waals surface area contributed by atoms with Gasteiger partial charge in [-0.2, -0.15) is 0 Å². The highest BCUT2D eigenvalue weighted by atomic mass is 16.6. The third kappa shape index (κ3) is 2.01. The molecule has 2 fully saturated rings. The Morgan fingerprint density at radius 2 is 2.04 bits per heavy atom. The minimum atomic E-state index is -1.87. The van der Waals surface area contributed by atoms with Crippen LogP contribution in [0.3, 0.4) is 0 Å². The summed E-state index contributed by atoms with van der Waals surface area (Å²) < 4.78 is 10.5. The van der Waals surface area contributed by atoms with Crippen molar-refractivity contribution in [3.63, 3.8) is 0 Å². The Kier molecular flexibility index (Phi) is 3.51. The molecule has 0 amide bonds. The van der Waals surface area contributed by atoms with E-state index in [0.29, 0.717) is 5.57 Å². The number of esters is 2. The second kappa shape index (κ2) is 5.00. The van der Waals surface area contributed by atoms with E-state index in [1.807, 2.05) is 0 Å². The van der Waals surface area contributed by atoms with Gasteiger partial charge < -0.3 is 19.7 Å². The summed E-state index contributed by atoms with van der Waals surface area (Å²) in [6, 6.07) is 0. The van der Waals surface area contributed by atoms with E-state index >= 15 is 0 Å². The quantitative estimate of drug-likeness (QED) is 0.514. The highest BCUT2D eigenvalue weighted by Gasteiger charge is 2.68. The number of hydrogen-bond acceptors (Lipinski definition) is 7. The highest BCUT2D eigenvalue weighted by molar-refractivity contribution is 5.99. The summed E-state index contributed by atoms with van der Waals surface area (Å²) in [7, 11) is 0. The van der Waals surface area contributed by atoms with Crippen LogP contribution in [0.15, 0.2) is 23.8 Å². The van der Waals surface area contributed by atoms with Crippen molar-refractivity contribution in [3.05, 3.63) is 23.8 Å². The molecule has 0 spiro atoms. The van der Waals surface area contributed by atoms with Gasteiger partial charge in [-0.05, 0) is 31.9 Å². The largest absolute Gasteiger partial charge is 0.459 e. The molecule has 0 radical (unpaired) electrons. The van der Waals surface area contributed by atoms with Gasteiger partial charge in [-0.25, -0.2) is 4.79 Å². The lowest BCUT2D eigenvalue weighted by Crippen LogP contribution is -2.59. The molecular formula is C17H20O7. The molecule has 1 aliphatic heterocycles. The lowest BCUT2D eigenvalue weighted by molar-refractivity contribution is -0.188. The minimum absolute atomic E-state index is 0.0290. The molecule has 1 saturated carbocycles. The van der Waals surface area contributed by atoms with Crippen LogP contribution in [0.2, 0.25) is 0 Å². The van der Waals surface area contributed by atoms with E-state index in [2.05, 4.69) is 6.58 Å². The number of rotatable bonds is 1. The van der Waals surface area contributed by atoms with E-state index in [0.717, 1.165) is 0 Å². The Morgan fingerprint density at radius 1 is 1.42 bits per heavy atom. The zero-order chi connectivity index (χ0) is 18.0. The summed E-state index contributed by atoms with van der Waals surface area (Å²) in [5.41, 5.74) is -3.26. The first kappa shape index (κ1) is 16.9. The number of ether oxygens (including phenoxy) is 2. The van der Waals surface area contributed by atoms with Crippen molar-refractivity contribution in [2.45, 2.75) is 50.6 Å². The number of allylic oxidation sites excluding steroid dienone is 1. The third-order valence-corrected chi connectivity index (χ3v) is 5.47. The van der Waals surface area contributed by atoms with Gasteiger partial charge in [0.1, 0.15) is 23.4 Å². The van der Waals surface area contributed by atoms with Crippen LogP contribution in [0.25, 0.3) is 0 Å². The predicted octanol–water partition coefficient (Wildman–Crippen LogP) is 0.0469. The molecule has 3 aliphatic rings. The summed E-state index contributed by atoms with van der Waals surface area (Å²) in [4.78, 5) is 35.9. The topological polar surface area (TPSA) is 110 Å². The van der Waals surface area contributed by atoms with E-state index in [4.69, 9.17) is 9.47 Å². The van der Waals surface area contributed by atoms with Crippen LogP contribution >= 0.6 is 0 Å². The van der Waals surface area contributed by atoms with Crippen LogP contribution in [-0.2, 0) is 23.9 Å². The maximum Gasteiger partial charge on any atom is 0.334 e. The average molecular weight is 336 g/mol. The van der Waals surface area contributed by atoms with Gasteiger partial charge in [0.05, 0.1) is 5.92 Å².